The van der Waals surface area contributed by atoms with Crippen molar-refractivity contribution in [2.45, 2.75) is 72.0 Å². The number of furan rings is 1. The molecular formula is C22H28O7. The van der Waals surface area contributed by atoms with Crippen LogP contribution < -0.4 is 0 Å². The van der Waals surface area contributed by atoms with Crippen molar-refractivity contribution in [3.05, 3.63) is 24.2 Å². The lowest BCUT2D eigenvalue weighted by Gasteiger charge is -2.47. The molecule has 2 aliphatic rings. The number of hydrogen-bond acceptors (Lipinski definition) is 7. The van der Waals surface area contributed by atoms with Crippen LogP contribution in [0.3, 0.4) is 0 Å². The monoisotopic (exact) mass is 404 g/mol. The molecule has 1 aromatic rings. The Morgan fingerprint density at radius 2 is 1.97 bits per heavy atom. The Bertz CT molecular complexity index is 811. The van der Waals surface area contributed by atoms with Crippen LogP contribution in [0, 0.1) is 16.7 Å². The van der Waals surface area contributed by atoms with Gasteiger partial charge in [0.25, 0.3) is 0 Å². The summed E-state index contributed by atoms with van der Waals surface area (Å²) in [6, 6.07) is 1.82. The van der Waals surface area contributed by atoms with Crippen molar-refractivity contribution in [1.29, 1.82) is 0 Å². The van der Waals surface area contributed by atoms with Crippen molar-refractivity contribution in [3.8, 4) is 0 Å². The molecule has 3 rings (SSSR count). The Kier molecular flexibility index (Phi) is 5.70. The average Bonchev–Trinajstić information content (AvgIpc) is 3.24. The molecule has 1 aliphatic carbocycles. The van der Waals surface area contributed by atoms with Crippen LogP contribution in [-0.2, 0) is 35.1 Å². The van der Waals surface area contributed by atoms with Gasteiger partial charge in [-0.1, -0.05) is 13.3 Å². The number of cyclic esters (lactones) is 1. The summed E-state index contributed by atoms with van der Waals surface area (Å²) in [6.07, 6.45) is 3.71. The predicted molar refractivity (Wildman–Crippen MR) is 102 cm³/mol. The zero-order valence-electron chi connectivity index (χ0n) is 17.4. The van der Waals surface area contributed by atoms with E-state index in [0.29, 0.717) is 32.1 Å². The molecule has 0 aromatic carbocycles. The normalized spacial score (nSPS) is 32.2. The highest BCUT2D eigenvalue weighted by Crippen LogP contribution is 2.59. The predicted octanol–water partition coefficient (Wildman–Crippen LogP) is 3.04. The maximum Gasteiger partial charge on any atom is 0.312 e. The van der Waals surface area contributed by atoms with Gasteiger partial charge in [0.2, 0.25) is 0 Å². The van der Waals surface area contributed by atoms with E-state index < -0.39 is 46.7 Å². The summed E-state index contributed by atoms with van der Waals surface area (Å²) in [4.78, 5) is 50.0. The first-order valence-electron chi connectivity index (χ1n) is 10.0. The fourth-order valence-corrected chi connectivity index (χ4v) is 5.21. The number of ketones is 2. The number of carbonyl (C=O) groups is 4. The highest BCUT2D eigenvalue weighted by Gasteiger charge is 2.66. The molecule has 1 aromatic heterocycles. The molecule has 0 unspecified atom stereocenters. The Balaban J connectivity index is 1.93. The van der Waals surface area contributed by atoms with Crippen LogP contribution in [0.25, 0.3) is 0 Å². The van der Waals surface area contributed by atoms with Gasteiger partial charge in [-0.15, -0.1) is 0 Å². The van der Waals surface area contributed by atoms with E-state index in [9.17, 15) is 19.2 Å². The summed E-state index contributed by atoms with van der Waals surface area (Å²) in [5.41, 5.74) is -0.824. The Hall–Kier alpha value is -2.44. The van der Waals surface area contributed by atoms with E-state index in [1.54, 1.807) is 19.5 Å². The van der Waals surface area contributed by atoms with E-state index >= 15 is 0 Å². The van der Waals surface area contributed by atoms with Crippen molar-refractivity contribution in [2.24, 2.45) is 16.7 Å². The second-order valence-corrected chi connectivity index (χ2v) is 8.73. The maximum absolute atomic E-state index is 13.4. The molecule has 5 atom stereocenters. The summed E-state index contributed by atoms with van der Waals surface area (Å²) in [5, 5.41) is 0. The molecule has 29 heavy (non-hydrogen) atoms. The van der Waals surface area contributed by atoms with E-state index in [0.717, 1.165) is 5.56 Å². The number of Topliss-reactive ketones (excluding diaryl/α,β-unsaturated/α-hetero) is 2. The van der Waals surface area contributed by atoms with Gasteiger partial charge in [-0.05, 0) is 44.7 Å². The van der Waals surface area contributed by atoms with Crippen molar-refractivity contribution < 1.29 is 33.1 Å². The molecule has 2 heterocycles. The molecule has 0 amide bonds. The Morgan fingerprint density at radius 3 is 2.55 bits per heavy atom. The fourth-order valence-electron chi connectivity index (χ4n) is 5.21. The standard InChI is InChI=1S/C22H28O7/c1-13(23)17(28-14(2)24)18-19-21(3,9-5-10-22(19,4)20(26)29-18)16(25)7-6-15-8-11-27-12-15/h8,11-12,17-19H,5-7,9-10H2,1-4H3/t17-,18-,19-,21-,22+/m1/s1. The number of rotatable bonds is 7. The number of hydrogen-bond donors (Lipinski definition) is 0. The van der Waals surface area contributed by atoms with Crippen molar-refractivity contribution in [1.82, 2.24) is 0 Å². The first-order chi connectivity index (χ1) is 13.6. The molecular weight excluding hydrogens is 376 g/mol. The van der Waals surface area contributed by atoms with Gasteiger partial charge in [0.15, 0.2) is 18.0 Å². The molecule has 158 valence electrons. The first kappa shape index (κ1) is 21.3. The number of fused-ring (bicyclic) bond motifs is 1. The van der Waals surface area contributed by atoms with Crippen molar-refractivity contribution >= 4 is 23.5 Å². The highest BCUT2D eigenvalue weighted by atomic mass is 16.6. The van der Waals surface area contributed by atoms with E-state index in [-0.39, 0.29) is 5.78 Å². The summed E-state index contributed by atoms with van der Waals surface area (Å²) in [6.45, 7) is 6.17. The van der Waals surface area contributed by atoms with Gasteiger partial charge in [0, 0.05) is 24.7 Å². The molecule has 0 radical (unpaired) electrons. The second kappa shape index (κ2) is 7.76. The van der Waals surface area contributed by atoms with Gasteiger partial charge < -0.3 is 13.9 Å². The van der Waals surface area contributed by atoms with Gasteiger partial charge in [-0.25, -0.2) is 0 Å². The molecule has 1 saturated heterocycles. The molecule has 0 spiro atoms. The topological polar surface area (TPSA) is 99.9 Å². The molecule has 0 bridgehead atoms. The lowest BCUT2D eigenvalue weighted by molar-refractivity contribution is -0.168. The largest absolute Gasteiger partial charge is 0.472 e. The summed E-state index contributed by atoms with van der Waals surface area (Å²) < 4.78 is 15.9. The van der Waals surface area contributed by atoms with Crippen LogP contribution in [-0.4, -0.2) is 35.7 Å². The van der Waals surface area contributed by atoms with Crippen molar-refractivity contribution in [3.63, 3.8) is 0 Å². The van der Waals surface area contributed by atoms with E-state index in [1.165, 1.54) is 13.8 Å². The Morgan fingerprint density at radius 1 is 1.24 bits per heavy atom. The molecule has 2 fully saturated rings. The SMILES string of the molecule is CC(=O)O[C@H](C(C)=O)[C@H]1OC(=O)[C@@]2(C)CCC[C@](C)(C(=O)CCc3ccoc3)[C@@H]12. The lowest BCUT2D eigenvalue weighted by Crippen LogP contribution is -2.54. The number of esters is 2. The average molecular weight is 404 g/mol. The molecule has 1 saturated carbocycles. The minimum absolute atomic E-state index is 0.0167. The van der Waals surface area contributed by atoms with E-state index in [1.807, 2.05) is 13.0 Å². The third kappa shape index (κ3) is 3.74. The number of carbonyl (C=O) groups excluding carboxylic acids is 4. The summed E-state index contributed by atoms with van der Waals surface area (Å²) in [7, 11) is 0. The van der Waals surface area contributed by atoms with Crippen LogP contribution in [0.15, 0.2) is 23.0 Å². The molecule has 7 heteroatoms. The summed E-state index contributed by atoms with van der Waals surface area (Å²) in [5.74, 6) is -1.98. The van der Waals surface area contributed by atoms with Crippen LogP contribution in [0.4, 0.5) is 0 Å². The van der Waals surface area contributed by atoms with Crippen LogP contribution in [0.5, 0.6) is 0 Å². The lowest BCUT2D eigenvalue weighted by atomic mass is 9.53. The van der Waals surface area contributed by atoms with Crippen molar-refractivity contribution in [2.75, 3.05) is 0 Å². The molecule has 7 nitrogen and oxygen atoms in total. The maximum atomic E-state index is 13.4. The third-order valence-corrected chi connectivity index (χ3v) is 6.65. The van der Waals surface area contributed by atoms with E-state index in [4.69, 9.17) is 13.9 Å². The van der Waals surface area contributed by atoms with Crippen LogP contribution in [0.2, 0.25) is 0 Å². The van der Waals surface area contributed by atoms with Crippen LogP contribution >= 0.6 is 0 Å². The molecule has 0 N–H and O–H groups in total. The quantitative estimate of drug-likeness (QED) is 0.644. The van der Waals surface area contributed by atoms with E-state index in [2.05, 4.69) is 0 Å². The van der Waals surface area contributed by atoms with Gasteiger partial charge >= 0.3 is 11.9 Å². The van der Waals surface area contributed by atoms with Gasteiger partial charge in [0.05, 0.1) is 17.9 Å². The zero-order chi connectivity index (χ0) is 21.4. The fraction of sp³-hybridized carbons (Fsp3) is 0.636. The zero-order valence-corrected chi connectivity index (χ0v) is 17.4. The summed E-state index contributed by atoms with van der Waals surface area (Å²) >= 11 is 0. The minimum atomic E-state index is -1.21. The second-order valence-electron chi connectivity index (χ2n) is 8.73. The minimum Gasteiger partial charge on any atom is -0.472 e. The first-order valence-corrected chi connectivity index (χ1v) is 10.0. The van der Waals surface area contributed by atoms with Gasteiger partial charge in [-0.2, -0.15) is 0 Å². The van der Waals surface area contributed by atoms with Crippen LogP contribution in [0.1, 0.15) is 58.9 Å². The smallest absolute Gasteiger partial charge is 0.312 e. The highest BCUT2D eigenvalue weighted by molar-refractivity contribution is 5.90. The molecule has 1 aliphatic heterocycles. The Labute approximate surface area is 170 Å². The van der Waals surface area contributed by atoms with Gasteiger partial charge in [0.1, 0.15) is 5.78 Å². The van der Waals surface area contributed by atoms with Gasteiger partial charge in [-0.3, -0.25) is 19.2 Å². The number of aryl methyl sites for hydroxylation is 1. The third-order valence-electron chi connectivity index (χ3n) is 6.65. The number of ether oxygens (including phenoxy) is 2.